The van der Waals surface area contributed by atoms with E-state index in [9.17, 15) is 8.78 Å². The SMILES string of the molecule is CC[Si](CC)(CCCCCc1cc(F)cc(F)c1)OC. The van der Waals surface area contributed by atoms with Gasteiger partial charge in [0.25, 0.3) is 0 Å². The lowest BCUT2D eigenvalue weighted by atomic mass is 10.1. The molecule has 20 heavy (non-hydrogen) atoms. The molecule has 1 nitrogen and oxygen atoms in total. The van der Waals surface area contributed by atoms with Crippen LogP contribution in [-0.4, -0.2) is 15.4 Å². The van der Waals surface area contributed by atoms with Crippen molar-refractivity contribution in [2.45, 2.75) is 57.7 Å². The minimum Gasteiger partial charge on any atom is -0.420 e. The fraction of sp³-hybridized carbons (Fsp3) is 0.625. The first-order chi connectivity index (χ1) is 9.55. The summed E-state index contributed by atoms with van der Waals surface area (Å²) in [6.07, 6.45) is 3.97. The summed E-state index contributed by atoms with van der Waals surface area (Å²) < 4.78 is 31.9. The molecule has 1 rings (SSSR count). The summed E-state index contributed by atoms with van der Waals surface area (Å²) in [6, 6.07) is 7.29. The van der Waals surface area contributed by atoms with Crippen LogP contribution in [0.5, 0.6) is 0 Å². The first-order valence-electron chi connectivity index (χ1n) is 7.55. The van der Waals surface area contributed by atoms with Gasteiger partial charge in [0.1, 0.15) is 11.6 Å². The second kappa shape index (κ2) is 8.52. The van der Waals surface area contributed by atoms with E-state index in [0.29, 0.717) is 0 Å². The number of hydrogen-bond donors (Lipinski definition) is 0. The minimum atomic E-state index is -1.48. The summed E-state index contributed by atoms with van der Waals surface area (Å²) in [5.41, 5.74) is 0.753. The van der Waals surface area contributed by atoms with Crippen LogP contribution in [0.1, 0.15) is 38.7 Å². The summed E-state index contributed by atoms with van der Waals surface area (Å²) in [5.74, 6) is -0.967. The van der Waals surface area contributed by atoms with Gasteiger partial charge in [0, 0.05) is 13.2 Å². The highest BCUT2D eigenvalue weighted by atomic mass is 28.4. The number of rotatable bonds is 9. The maximum atomic E-state index is 13.0. The highest BCUT2D eigenvalue weighted by Gasteiger charge is 2.28. The van der Waals surface area contributed by atoms with Gasteiger partial charge in [-0.1, -0.05) is 26.7 Å². The van der Waals surface area contributed by atoms with Gasteiger partial charge in [0.2, 0.25) is 0 Å². The molecular weight excluding hydrogens is 274 g/mol. The molecule has 0 radical (unpaired) electrons. The van der Waals surface area contributed by atoms with Crippen molar-refractivity contribution in [2.24, 2.45) is 0 Å². The fourth-order valence-electron chi connectivity index (χ4n) is 2.70. The van der Waals surface area contributed by atoms with Gasteiger partial charge in [0.05, 0.1) is 0 Å². The lowest BCUT2D eigenvalue weighted by molar-refractivity contribution is 0.389. The van der Waals surface area contributed by atoms with Crippen molar-refractivity contribution in [1.82, 2.24) is 0 Å². The van der Waals surface area contributed by atoms with Crippen LogP contribution in [0.2, 0.25) is 18.1 Å². The topological polar surface area (TPSA) is 9.23 Å². The molecule has 4 heteroatoms. The van der Waals surface area contributed by atoms with E-state index in [1.807, 2.05) is 7.11 Å². The standard InChI is InChI=1S/C16H26F2OSi/c1-4-20(5-2,19-3)10-8-6-7-9-14-11-15(17)13-16(18)12-14/h11-13H,4-10H2,1-3H3. The molecule has 0 unspecified atom stereocenters. The zero-order valence-corrected chi connectivity index (χ0v) is 13.8. The summed E-state index contributed by atoms with van der Waals surface area (Å²) in [7, 11) is 0.357. The Balaban J connectivity index is 2.31. The molecule has 0 amide bonds. The van der Waals surface area contributed by atoms with Crippen molar-refractivity contribution in [1.29, 1.82) is 0 Å². The fourth-order valence-corrected chi connectivity index (χ4v) is 5.59. The Bertz CT molecular complexity index is 377. The summed E-state index contributed by atoms with van der Waals surface area (Å²) in [4.78, 5) is 0. The maximum absolute atomic E-state index is 13.0. The third-order valence-electron chi connectivity index (χ3n) is 4.24. The van der Waals surface area contributed by atoms with Crippen LogP contribution in [0.25, 0.3) is 0 Å². The van der Waals surface area contributed by atoms with Crippen molar-refractivity contribution in [3.05, 3.63) is 35.4 Å². The predicted molar refractivity (Wildman–Crippen MR) is 82.4 cm³/mol. The summed E-state index contributed by atoms with van der Waals surface area (Å²) in [5, 5.41) is 0. The van der Waals surface area contributed by atoms with Crippen LogP contribution in [0.4, 0.5) is 8.78 Å². The number of benzene rings is 1. The van der Waals surface area contributed by atoms with Gasteiger partial charge >= 0.3 is 0 Å². The molecule has 0 bridgehead atoms. The molecule has 0 fully saturated rings. The molecule has 0 saturated carbocycles. The van der Waals surface area contributed by atoms with E-state index in [4.69, 9.17) is 4.43 Å². The molecule has 0 aliphatic heterocycles. The van der Waals surface area contributed by atoms with Gasteiger partial charge in [-0.15, -0.1) is 0 Å². The van der Waals surface area contributed by atoms with Crippen molar-refractivity contribution in [3.8, 4) is 0 Å². The highest BCUT2D eigenvalue weighted by molar-refractivity contribution is 6.73. The van der Waals surface area contributed by atoms with Crippen molar-refractivity contribution in [2.75, 3.05) is 7.11 Å². The molecular formula is C16H26F2OSi. The van der Waals surface area contributed by atoms with Gasteiger partial charge in [-0.2, -0.15) is 0 Å². The average molecular weight is 300 g/mol. The Kier molecular flexibility index (Phi) is 7.38. The molecule has 114 valence electrons. The van der Waals surface area contributed by atoms with Crippen molar-refractivity contribution < 1.29 is 13.2 Å². The lowest BCUT2D eigenvalue weighted by Crippen LogP contribution is -2.34. The monoisotopic (exact) mass is 300 g/mol. The first-order valence-corrected chi connectivity index (χ1v) is 10.1. The molecule has 1 aromatic carbocycles. The van der Waals surface area contributed by atoms with Crippen molar-refractivity contribution >= 4 is 8.32 Å². The van der Waals surface area contributed by atoms with Gasteiger partial charge < -0.3 is 4.43 Å². The molecule has 0 spiro atoms. The number of hydrogen-bond acceptors (Lipinski definition) is 1. The van der Waals surface area contributed by atoms with E-state index in [1.54, 1.807) is 0 Å². The summed E-state index contributed by atoms with van der Waals surface area (Å²) >= 11 is 0. The lowest BCUT2D eigenvalue weighted by Gasteiger charge is -2.27. The van der Waals surface area contributed by atoms with E-state index < -0.39 is 20.0 Å². The molecule has 1 aromatic rings. The summed E-state index contributed by atoms with van der Waals surface area (Å²) in [6.45, 7) is 4.43. The third kappa shape index (κ3) is 5.33. The molecule has 0 saturated heterocycles. The normalized spacial score (nSPS) is 11.8. The zero-order valence-electron chi connectivity index (χ0n) is 12.8. The maximum Gasteiger partial charge on any atom is 0.191 e. The van der Waals surface area contributed by atoms with Crippen molar-refractivity contribution in [3.63, 3.8) is 0 Å². The number of aryl methyl sites for hydroxylation is 1. The van der Waals surface area contributed by atoms with Crippen LogP contribution < -0.4 is 0 Å². The third-order valence-corrected chi connectivity index (χ3v) is 8.95. The number of unbranched alkanes of at least 4 members (excludes halogenated alkanes) is 2. The minimum absolute atomic E-state index is 0.484. The van der Waals surface area contributed by atoms with E-state index >= 15 is 0 Å². The molecule has 0 aromatic heterocycles. The smallest absolute Gasteiger partial charge is 0.191 e. The van der Waals surface area contributed by atoms with E-state index in [1.165, 1.54) is 18.2 Å². The predicted octanol–water partition coefficient (Wildman–Crippen LogP) is 5.31. The Morgan fingerprint density at radius 3 is 2.05 bits per heavy atom. The second-order valence-electron chi connectivity index (χ2n) is 5.43. The van der Waals surface area contributed by atoms with Gasteiger partial charge in [0.15, 0.2) is 8.32 Å². The number of halogens is 2. The van der Waals surface area contributed by atoms with Crippen LogP contribution in [0.3, 0.4) is 0 Å². The Labute approximate surface area is 122 Å². The molecule has 0 aliphatic rings. The quantitative estimate of drug-likeness (QED) is 0.443. The average Bonchev–Trinajstić information content (AvgIpc) is 2.42. The molecule has 0 heterocycles. The van der Waals surface area contributed by atoms with E-state index in [0.717, 1.165) is 49.4 Å². The Hall–Kier alpha value is -0.743. The van der Waals surface area contributed by atoms with Crippen LogP contribution in [0, 0.1) is 11.6 Å². The van der Waals surface area contributed by atoms with Gasteiger partial charge in [-0.3, -0.25) is 0 Å². The van der Waals surface area contributed by atoms with Crippen LogP contribution in [0.15, 0.2) is 18.2 Å². The van der Waals surface area contributed by atoms with E-state index in [2.05, 4.69) is 13.8 Å². The Morgan fingerprint density at radius 2 is 1.55 bits per heavy atom. The van der Waals surface area contributed by atoms with Gasteiger partial charge in [-0.05, 0) is 48.7 Å². The van der Waals surface area contributed by atoms with E-state index in [-0.39, 0.29) is 0 Å². The zero-order chi connectivity index (χ0) is 15.0. The van der Waals surface area contributed by atoms with Crippen LogP contribution >= 0.6 is 0 Å². The second-order valence-corrected chi connectivity index (χ2v) is 10.1. The molecule has 0 N–H and O–H groups in total. The largest absolute Gasteiger partial charge is 0.420 e. The first kappa shape index (κ1) is 17.3. The highest BCUT2D eigenvalue weighted by Crippen LogP contribution is 2.24. The van der Waals surface area contributed by atoms with Gasteiger partial charge in [-0.25, -0.2) is 8.78 Å². The molecule has 0 aliphatic carbocycles. The molecule has 0 atom stereocenters. The Morgan fingerprint density at radius 1 is 0.950 bits per heavy atom. The van der Waals surface area contributed by atoms with Crippen LogP contribution in [-0.2, 0) is 10.8 Å².